The number of hydrogen-bond donors (Lipinski definition) is 0. The molecule has 0 saturated heterocycles. The Morgan fingerprint density at radius 1 is 0.800 bits per heavy atom. The molecule has 0 N–H and O–H groups in total. The van der Waals surface area contributed by atoms with Gasteiger partial charge in [0.1, 0.15) is 0 Å². The number of methoxy groups -OCH3 is 1. The van der Waals surface area contributed by atoms with Crippen LogP contribution in [0.1, 0.15) is 29.2 Å². The molecule has 2 nitrogen and oxygen atoms in total. The number of aryl methyl sites for hydroxylation is 2. The number of pyridine rings is 1. The highest BCUT2D eigenvalue weighted by Gasteiger charge is 2.13. The monoisotopic (exact) mass is 331 g/mol. The molecule has 0 aliphatic rings. The SMILES string of the molecule is CCc1cccc(-c2cccc(-c3ccc(C)c(OC)n3)c2C)c1C. The lowest BCUT2D eigenvalue weighted by atomic mass is 9.90. The van der Waals surface area contributed by atoms with Crippen LogP contribution in [0, 0.1) is 20.8 Å². The summed E-state index contributed by atoms with van der Waals surface area (Å²) in [6, 6.07) is 17.2. The largest absolute Gasteiger partial charge is 0.481 e. The Hall–Kier alpha value is -2.61. The van der Waals surface area contributed by atoms with Gasteiger partial charge in [-0.3, -0.25) is 0 Å². The molecule has 2 heteroatoms. The summed E-state index contributed by atoms with van der Waals surface area (Å²) >= 11 is 0. The molecule has 0 fully saturated rings. The van der Waals surface area contributed by atoms with Gasteiger partial charge in [-0.15, -0.1) is 0 Å². The summed E-state index contributed by atoms with van der Waals surface area (Å²) in [4.78, 5) is 4.69. The minimum absolute atomic E-state index is 0.687. The number of rotatable bonds is 4. The van der Waals surface area contributed by atoms with E-state index in [1.54, 1.807) is 7.11 Å². The Kier molecular flexibility index (Phi) is 4.89. The summed E-state index contributed by atoms with van der Waals surface area (Å²) in [5.41, 5.74) is 9.73. The lowest BCUT2D eigenvalue weighted by Crippen LogP contribution is -1.97. The predicted octanol–water partition coefficient (Wildman–Crippen LogP) is 5.91. The molecule has 3 aromatic rings. The highest BCUT2D eigenvalue weighted by Crippen LogP contribution is 2.34. The fourth-order valence-corrected chi connectivity index (χ4v) is 3.43. The molecular formula is C23H25NO. The topological polar surface area (TPSA) is 22.1 Å². The number of hydrogen-bond acceptors (Lipinski definition) is 2. The van der Waals surface area contributed by atoms with Gasteiger partial charge in [0.2, 0.25) is 5.88 Å². The molecule has 1 heterocycles. The van der Waals surface area contributed by atoms with Gasteiger partial charge in [0, 0.05) is 11.1 Å². The molecule has 25 heavy (non-hydrogen) atoms. The Morgan fingerprint density at radius 2 is 1.44 bits per heavy atom. The summed E-state index contributed by atoms with van der Waals surface area (Å²) < 4.78 is 5.40. The normalized spacial score (nSPS) is 10.8. The van der Waals surface area contributed by atoms with Crippen molar-refractivity contribution >= 4 is 0 Å². The molecule has 1 aromatic heterocycles. The Morgan fingerprint density at radius 3 is 2.12 bits per heavy atom. The van der Waals surface area contributed by atoms with E-state index in [1.165, 1.54) is 27.8 Å². The second kappa shape index (κ2) is 7.10. The highest BCUT2D eigenvalue weighted by molar-refractivity contribution is 5.79. The predicted molar refractivity (Wildman–Crippen MR) is 105 cm³/mol. The smallest absolute Gasteiger partial charge is 0.216 e. The van der Waals surface area contributed by atoms with Crippen LogP contribution in [0.5, 0.6) is 5.88 Å². The third-order valence-electron chi connectivity index (χ3n) is 4.97. The number of ether oxygens (including phenoxy) is 1. The highest BCUT2D eigenvalue weighted by atomic mass is 16.5. The van der Waals surface area contributed by atoms with Crippen molar-refractivity contribution in [2.24, 2.45) is 0 Å². The van der Waals surface area contributed by atoms with E-state index in [0.29, 0.717) is 5.88 Å². The van der Waals surface area contributed by atoms with Crippen molar-refractivity contribution < 1.29 is 4.74 Å². The molecule has 0 amide bonds. The van der Waals surface area contributed by atoms with Crippen LogP contribution in [-0.2, 0) is 6.42 Å². The van der Waals surface area contributed by atoms with E-state index >= 15 is 0 Å². The van der Waals surface area contributed by atoms with Crippen molar-refractivity contribution in [1.82, 2.24) is 4.98 Å². The lowest BCUT2D eigenvalue weighted by Gasteiger charge is -2.16. The van der Waals surface area contributed by atoms with Gasteiger partial charge in [0.25, 0.3) is 0 Å². The summed E-state index contributed by atoms with van der Waals surface area (Å²) in [5.74, 6) is 0.687. The molecule has 2 aromatic carbocycles. The van der Waals surface area contributed by atoms with Crippen LogP contribution >= 0.6 is 0 Å². The molecule has 0 saturated carbocycles. The fraction of sp³-hybridized carbons (Fsp3) is 0.261. The Labute approximate surface area is 150 Å². The van der Waals surface area contributed by atoms with Gasteiger partial charge in [-0.05, 0) is 61.1 Å². The maximum absolute atomic E-state index is 5.40. The quantitative estimate of drug-likeness (QED) is 0.592. The van der Waals surface area contributed by atoms with Crippen LogP contribution < -0.4 is 4.74 Å². The zero-order valence-corrected chi connectivity index (χ0v) is 15.7. The fourth-order valence-electron chi connectivity index (χ4n) is 3.43. The minimum Gasteiger partial charge on any atom is -0.481 e. The third-order valence-corrected chi connectivity index (χ3v) is 4.97. The summed E-state index contributed by atoms with van der Waals surface area (Å²) in [6.07, 6.45) is 1.05. The van der Waals surface area contributed by atoms with Gasteiger partial charge in [0.05, 0.1) is 12.8 Å². The minimum atomic E-state index is 0.687. The second-order valence-corrected chi connectivity index (χ2v) is 6.44. The van der Waals surface area contributed by atoms with Crippen molar-refractivity contribution in [3.8, 4) is 28.3 Å². The lowest BCUT2D eigenvalue weighted by molar-refractivity contribution is 0.395. The van der Waals surface area contributed by atoms with Crippen LogP contribution in [0.3, 0.4) is 0 Å². The molecule has 0 unspecified atom stereocenters. The van der Waals surface area contributed by atoms with E-state index in [0.717, 1.165) is 23.2 Å². The maximum Gasteiger partial charge on any atom is 0.216 e. The van der Waals surface area contributed by atoms with Crippen molar-refractivity contribution in [2.75, 3.05) is 7.11 Å². The molecular weight excluding hydrogens is 306 g/mol. The van der Waals surface area contributed by atoms with E-state index < -0.39 is 0 Å². The number of nitrogens with zero attached hydrogens (tertiary/aromatic N) is 1. The zero-order valence-electron chi connectivity index (χ0n) is 15.7. The summed E-state index contributed by atoms with van der Waals surface area (Å²) in [6.45, 7) is 8.61. The van der Waals surface area contributed by atoms with E-state index in [2.05, 4.69) is 69.3 Å². The molecule has 3 rings (SSSR count). The zero-order chi connectivity index (χ0) is 18.0. The first-order valence-electron chi connectivity index (χ1n) is 8.77. The first kappa shape index (κ1) is 17.2. The van der Waals surface area contributed by atoms with Crippen LogP contribution in [0.25, 0.3) is 22.4 Å². The van der Waals surface area contributed by atoms with Crippen LogP contribution in [0.15, 0.2) is 48.5 Å². The average molecular weight is 331 g/mol. The molecule has 0 spiro atoms. The van der Waals surface area contributed by atoms with E-state index in [-0.39, 0.29) is 0 Å². The molecule has 0 atom stereocenters. The van der Waals surface area contributed by atoms with E-state index in [4.69, 9.17) is 9.72 Å². The van der Waals surface area contributed by atoms with Crippen molar-refractivity contribution in [3.63, 3.8) is 0 Å². The van der Waals surface area contributed by atoms with Crippen LogP contribution in [-0.4, -0.2) is 12.1 Å². The summed E-state index contributed by atoms with van der Waals surface area (Å²) in [7, 11) is 1.67. The average Bonchev–Trinajstić information content (AvgIpc) is 2.63. The van der Waals surface area contributed by atoms with Crippen molar-refractivity contribution in [2.45, 2.75) is 34.1 Å². The van der Waals surface area contributed by atoms with Gasteiger partial charge >= 0.3 is 0 Å². The van der Waals surface area contributed by atoms with Gasteiger partial charge in [-0.1, -0.05) is 49.4 Å². The Balaban J connectivity index is 2.16. The molecule has 0 aliphatic carbocycles. The second-order valence-electron chi connectivity index (χ2n) is 6.44. The molecule has 0 bridgehead atoms. The van der Waals surface area contributed by atoms with Crippen molar-refractivity contribution in [1.29, 1.82) is 0 Å². The van der Waals surface area contributed by atoms with Crippen LogP contribution in [0.2, 0.25) is 0 Å². The number of benzene rings is 2. The van der Waals surface area contributed by atoms with Gasteiger partial charge < -0.3 is 4.74 Å². The van der Waals surface area contributed by atoms with Crippen molar-refractivity contribution in [3.05, 3.63) is 70.8 Å². The Bertz CT molecular complexity index is 912. The first-order valence-corrected chi connectivity index (χ1v) is 8.77. The summed E-state index contributed by atoms with van der Waals surface area (Å²) in [5, 5.41) is 0. The number of aromatic nitrogens is 1. The molecule has 0 radical (unpaired) electrons. The maximum atomic E-state index is 5.40. The third kappa shape index (κ3) is 3.17. The van der Waals surface area contributed by atoms with Gasteiger partial charge in [-0.25, -0.2) is 4.98 Å². The first-order chi connectivity index (χ1) is 12.1. The van der Waals surface area contributed by atoms with Gasteiger partial charge in [0.15, 0.2) is 0 Å². The molecule has 128 valence electrons. The molecule has 0 aliphatic heterocycles. The van der Waals surface area contributed by atoms with Gasteiger partial charge in [-0.2, -0.15) is 0 Å². The van der Waals surface area contributed by atoms with E-state index in [1.807, 2.05) is 6.92 Å². The van der Waals surface area contributed by atoms with E-state index in [9.17, 15) is 0 Å². The standard InChI is InChI=1S/C23H25NO/c1-6-18-9-7-10-19(16(18)3)20-11-8-12-21(17(20)4)22-14-13-15(2)23(24-22)25-5/h7-14H,6H2,1-5H3. The van der Waals surface area contributed by atoms with Crippen LogP contribution in [0.4, 0.5) is 0 Å².